The van der Waals surface area contributed by atoms with E-state index >= 15 is 0 Å². The number of carbonyl (C=O) groups is 1. The molecule has 1 amide bonds. The highest BCUT2D eigenvalue weighted by Gasteiger charge is 2.28. The predicted molar refractivity (Wildman–Crippen MR) is 69.1 cm³/mol. The maximum absolute atomic E-state index is 12.3. The van der Waals surface area contributed by atoms with Crippen LogP contribution in [-0.4, -0.2) is 52.9 Å². The minimum Gasteiger partial charge on any atom is -0.504 e. The summed E-state index contributed by atoms with van der Waals surface area (Å²) < 4.78 is 5.59. The summed E-state index contributed by atoms with van der Waals surface area (Å²) in [7, 11) is 0. The molecule has 0 bridgehead atoms. The zero-order chi connectivity index (χ0) is 14.0. The Morgan fingerprint density at radius 2 is 2.16 bits per heavy atom. The molecular weight excluding hydrogens is 248 g/mol. The van der Waals surface area contributed by atoms with E-state index in [-0.39, 0.29) is 29.6 Å². The number of nitrogens with zero attached hydrogens (tertiary/aromatic N) is 1. The molecule has 2 rings (SSSR count). The molecule has 2 atom stereocenters. The summed E-state index contributed by atoms with van der Waals surface area (Å²) in [4.78, 5) is 14.0. The van der Waals surface area contributed by atoms with Gasteiger partial charge in [-0.25, -0.2) is 0 Å². The molecule has 1 fully saturated rings. The first-order valence-electron chi connectivity index (χ1n) is 6.18. The van der Waals surface area contributed by atoms with Crippen molar-refractivity contribution in [2.24, 2.45) is 5.73 Å². The molecule has 1 aliphatic rings. The second-order valence-corrected chi connectivity index (χ2v) is 4.72. The SMILES string of the molecule is CC1CN(C(=O)c2ccc(O)c(O)c2)CC(CN)O1. The van der Waals surface area contributed by atoms with Crippen molar-refractivity contribution in [3.8, 4) is 11.5 Å². The van der Waals surface area contributed by atoms with Crippen LogP contribution in [0.25, 0.3) is 0 Å². The summed E-state index contributed by atoms with van der Waals surface area (Å²) in [5.74, 6) is -0.752. The molecule has 0 aromatic heterocycles. The van der Waals surface area contributed by atoms with Gasteiger partial charge in [-0.3, -0.25) is 4.79 Å². The zero-order valence-electron chi connectivity index (χ0n) is 10.7. The lowest BCUT2D eigenvalue weighted by atomic mass is 10.1. The summed E-state index contributed by atoms with van der Waals surface area (Å²) in [6.45, 7) is 3.16. The number of hydrogen-bond donors (Lipinski definition) is 3. The number of carbonyl (C=O) groups excluding carboxylic acids is 1. The number of hydrogen-bond acceptors (Lipinski definition) is 5. The van der Waals surface area contributed by atoms with Gasteiger partial charge in [0, 0.05) is 25.2 Å². The van der Waals surface area contributed by atoms with Crippen LogP contribution in [0.1, 0.15) is 17.3 Å². The summed E-state index contributed by atoms with van der Waals surface area (Å²) in [6, 6.07) is 4.04. The molecular formula is C13H18N2O4. The number of nitrogens with two attached hydrogens (primary N) is 1. The highest BCUT2D eigenvalue weighted by atomic mass is 16.5. The first kappa shape index (κ1) is 13.6. The van der Waals surface area contributed by atoms with Gasteiger partial charge in [-0.1, -0.05) is 0 Å². The van der Waals surface area contributed by atoms with Gasteiger partial charge in [-0.15, -0.1) is 0 Å². The lowest BCUT2D eigenvalue weighted by Crippen LogP contribution is -2.51. The van der Waals surface area contributed by atoms with Gasteiger partial charge in [-0.05, 0) is 25.1 Å². The lowest BCUT2D eigenvalue weighted by Gasteiger charge is -2.36. The standard InChI is InChI=1S/C13H18N2O4/c1-8-6-15(7-10(5-14)19-8)13(18)9-2-3-11(16)12(17)4-9/h2-4,8,10,16-17H,5-7,14H2,1H3. The Hall–Kier alpha value is -1.79. The van der Waals surface area contributed by atoms with Crippen molar-refractivity contribution in [1.29, 1.82) is 0 Å². The Kier molecular flexibility index (Phi) is 3.92. The summed E-state index contributed by atoms with van der Waals surface area (Å²) in [5, 5.41) is 18.7. The number of phenols is 2. The quantitative estimate of drug-likeness (QED) is 0.668. The van der Waals surface area contributed by atoms with Crippen LogP contribution in [0.3, 0.4) is 0 Å². The molecule has 0 radical (unpaired) electrons. The molecule has 19 heavy (non-hydrogen) atoms. The van der Waals surface area contributed by atoms with E-state index in [4.69, 9.17) is 10.5 Å². The minimum atomic E-state index is -0.303. The number of amides is 1. The van der Waals surface area contributed by atoms with E-state index in [1.165, 1.54) is 18.2 Å². The Morgan fingerprint density at radius 1 is 1.42 bits per heavy atom. The first-order chi connectivity index (χ1) is 9.01. The monoisotopic (exact) mass is 266 g/mol. The molecule has 0 saturated carbocycles. The van der Waals surface area contributed by atoms with E-state index < -0.39 is 0 Å². The summed E-state index contributed by atoms with van der Waals surface area (Å²) in [6.07, 6.45) is -0.240. The lowest BCUT2D eigenvalue weighted by molar-refractivity contribution is -0.0625. The molecule has 4 N–H and O–H groups in total. The van der Waals surface area contributed by atoms with Gasteiger partial charge in [0.1, 0.15) is 0 Å². The highest BCUT2D eigenvalue weighted by molar-refractivity contribution is 5.95. The molecule has 6 heteroatoms. The van der Waals surface area contributed by atoms with Crippen molar-refractivity contribution in [1.82, 2.24) is 4.90 Å². The van der Waals surface area contributed by atoms with E-state index in [9.17, 15) is 15.0 Å². The second-order valence-electron chi connectivity index (χ2n) is 4.72. The van der Waals surface area contributed by atoms with Crippen LogP contribution in [-0.2, 0) is 4.74 Å². The molecule has 1 saturated heterocycles. The van der Waals surface area contributed by atoms with Crippen LogP contribution < -0.4 is 5.73 Å². The number of morpholine rings is 1. The van der Waals surface area contributed by atoms with E-state index in [0.29, 0.717) is 25.2 Å². The van der Waals surface area contributed by atoms with Crippen LogP contribution in [0, 0.1) is 0 Å². The number of aromatic hydroxyl groups is 2. The van der Waals surface area contributed by atoms with Gasteiger partial charge in [0.2, 0.25) is 0 Å². The third-order valence-corrected chi connectivity index (χ3v) is 3.10. The third-order valence-electron chi connectivity index (χ3n) is 3.10. The maximum Gasteiger partial charge on any atom is 0.254 e. The van der Waals surface area contributed by atoms with Crippen molar-refractivity contribution < 1.29 is 19.7 Å². The van der Waals surface area contributed by atoms with Crippen LogP contribution in [0.2, 0.25) is 0 Å². The largest absolute Gasteiger partial charge is 0.504 e. The van der Waals surface area contributed by atoms with Crippen molar-refractivity contribution >= 4 is 5.91 Å². The Morgan fingerprint density at radius 3 is 2.79 bits per heavy atom. The molecule has 1 aromatic carbocycles. The van der Waals surface area contributed by atoms with E-state index in [0.717, 1.165) is 0 Å². The van der Waals surface area contributed by atoms with Crippen LogP contribution in [0.5, 0.6) is 11.5 Å². The Bertz CT molecular complexity index is 478. The molecule has 0 spiro atoms. The Balaban J connectivity index is 2.16. The molecule has 2 unspecified atom stereocenters. The second kappa shape index (κ2) is 5.46. The van der Waals surface area contributed by atoms with Gasteiger partial charge in [0.25, 0.3) is 5.91 Å². The first-order valence-corrected chi connectivity index (χ1v) is 6.18. The van der Waals surface area contributed by atoms with Gasteiger partial charge >= 0.3 is 0 Å². The minimum absolute atomic E-state index is 0.0723. The van der Waals surface area contributed by atoms with Crippen LogP contribution >= 0.6 is 0 Å². The van der Waals surface area contributed by atoms with Crippen LogP contribution in [0.4, 0.5) is 0 Å². The Labute approximate surface area is 111 Å². The van der Waals surface area contributed by atoms with Crippen molar-refractivity contribution in [2.75, 3.05) is 19.6 Å². The van der Waals surface area contributed by atoms with Crippen molar-refractivity contribution in [2.45, 2.75) is 19.1 Å². The van der Waals surface area contributed by atoms with Crippen molar-refractivity contribution in [3.05, 3.63) is 23.8 Å². The van der Waals surface area contributed by atoms with Gasteiger partial charge < -0.3 is 25.6 Å². The zero-order valence-corrected chi connectivity index (χ0v) is 10.7. The van der Waals surface area contributed by atoms with E-state index in [1.807, 2.05) is 6.92 Å². The number of rotatable bonds is 2. The number of benzene rings is 1. The average molecular weight is 266 g/mol. The van der Waals surface area contributed by atoms with Crippen molar-refractivity contribution in [3.63, 3.8) is 0 Å². The molecule has 1 heterocycles. The van der Waals surface area contributed by atoms with E-state index in [1.54, 1.807) is 4.90 Å². The topological polar surface area (TPSA) is 96.0 Å². The highest BCUT2D eigenvalue weighted by Crippen LogP contribution is 2.26. The molecule has 104 valence electrons. The fraction of sp³-hybridized carbons (Fsp3) is 0.462. The predicted octanol–water partition coefficient (Wildman–Crippen LogP) is 0.286. The fourth-order valence-corrected chi connectivity index (χ4v) is 2.18. The van der Waals surface area contributed by atoms with E-state index in [2.05, 4.69) is 0 Å². The smallest absolute Gasteiger partial charge is 0.254 e. The summed E-state index contributed by atoms with van der Waals surface area (Å²) in [5.41, 5.74) is 5.91. The normalized spacial score (nSPS) is 23.4. The maximum atomic E-state index is 12.3. The molecule has 0 aliphatic carbocycles. The molecule has 1 aromatic rings. The van der Waals surface area contributed by atoms with Crippen LogP contribution in [0.15, 0.2) is 18.2 Å². The average Bonchev–Trinajstić information content (AvgIpc) is 2.40. The summed E-state index contributed by atoms with van der Waals surface area (Å²) >= 11 is 0. The van der Waals surface area contributed by atoms with Gasteiger partial charge in [-0.2, -0.15) is 0 Å². The molecule has 6 nitrogen and oxygen atoms in total. The third kappa shape index (κ3) is 2.97. The number of phenolic OH excluding ortho intramolecular Hbond substituents is 2. The molecule has 1 aliphatic heterocycles. The fourth-order valence-electron chi connectivity index (χ4n) is 2.18. The number of ether oxygens (including phenoxy) is 1. The van der Waals surface area contributed by atoms with Gasteiger partial charge in [0.05, 0.1) is 12.2 Å². The van der Waals surface area contributed by atoms with Gasteiger partial charge in [0.15, 0.2) is 11.5 Å².